The van der Waals surface area contributed by atoms with E-state index in [1.807, 2.05) is 38.1 Å². The number of hydrogen-bond donors (Lipinski definition) is 1. The Morgan fingerprint density at radius 2 is 2.11 bits per heavy atom. The van der Waals surface area contributed by atoms with Crippen LogP contribution >= 0.6 is 11.8 Å². The summed E-state index contributed by atoms with van der Waals surface area (Å²) < 4.78 is 7.43. The standard InChI is InChI=1S/C19H22N6O2S/c1-13-4-5-14(2)16(10-13)27-18-7-6-15(12-21-18)11-20-17(26)8-9-28-19-22-23-24-25(19)3/h4-7,10,12H,8-9,11H2,1-3H3,(H,20,26). The van der Waals surface area contributed by atoms with Crippen molar-refractivity contribution in [2.75, 3.05) is 5.75 Å². The van der Waals surface area contributed by atoms with E-state index in [9.17, 15) is 4.79 Å². The van der Waals surface area contributed by atoms with Crippen LogP contribution in [0.4, 0.5) is 0 Å². The maximum absolute atomic E-state index is 12.0. The van der Waals surface area contributed by atoms with E-state index in [4.69, 9.17) is 4.74 Å². The van der Waals surface area contributed by atoms with E-state index in [0.717, 1.165) is 22.4 Å². The largest absolute Gasteiger partial charge is 0.439 e. The van der Waals surface area contributed by atoms with Crippen LogP contribution in [0.15, 0.2) is 41.7 Å². The number of rotatable bonds is 8. The number of carbonyl (C=O) groups excluding carboxylic acids is 1. The van der Waals surface area contributed by atoms with Gasteiger partial charge in [-0.05, 0) is 47.0 Å². The number of hydrogen-bond acceptors (Lipinski definition) is 7. The Balaban J connectivity index is 1.44. The van der Waals surface area contributed by atoms with E-state index in [-0.39, 0.29) is 5.91 Å². The number of ether oxygens (including phenoxy) is 1. The van der Waals surface area contributed by atoms with E-state index in [1.165, 1.54) is 11.8 Å². The molecule has 0 bridgehead atoms. The molecule has 1 N–H and O–H groups in total. The summed E-state index contributed by atoms with van der Waals surface area (Å²) in [5, 5.41) is 14.8. The number of nitrogens with one attached hydrogen (secondary N) is 1. The van der Waals surface area contributed by atoms with E-state index in [2.05, 4.69) is 25.8 Å². The van der Waals surface area contributed by atoms with Crippen molar-refractivity contribution in [3.05, 3.63) is 53.2 Å². The van der Waals surface area contributed by atoms with Crippen molar-refractivity contribution in [1.29, 1.82) is 0 Å². The highest BCUT2D eigenvalue weighted by Crippen LogP contribution is 2.24. The molecule has 8 nitrogen and oxygen atoms in total. The SMILES string of the molecule is Cc1ccc(C)c(Oc2ccc(CNC(=O)CCSc3nnnn3C)cn2)c1. The summed E-state index contributed by atoms with van der Waals surface area (Å²) in [6, 6.07) is 9.76. The van der Waals surface area contributed by atoms with Crippen LogP contribution in [0.2, 0.25) is 0 Å². The molecule has 3 rings (SSSR count). The van der Waals surface area contributed by atoms with Crippen LogP contribution in [0.25, 0.3) is 0 Å². The van der Waals surface area contributed by atoms with Crippen LogP contribution in [0.1, 0.15) is 23.1 Å². The Morgan fingerprint density at radius 1 is 1.25 bits per heavy atom. The minimum absolute atomic E-state index is 0.0293. The number of benzene rings is 1. The monoisotopic (exact) mass is 398 g/mol. The maximum atomic E-state index is 12.0. The Morgan fingerprint density at radius 3 is 2.82 bits per heavy atom. The topological polar surface area (TPSA) is 94.8 Å². The summed E-state index contributed by atoms with van der Waals surface area (Å²) in [4.78, 5) is 16.3. The lowest BCUT2D eigenvalue weighted by Crippen LogP contribution is -2.23. The highest BCUT2D eigenvalue weighted by molar-refractivity contribution is 7.99. The average Bonchev–Trinajstić information content (AvgIpc) is 3.09. The molecule has 0 aliphatic carbocycles. The number of aryl methyl sites for hydroxylation is 3. The second-order valence-corrected chi connectivity index (χ2v) is 7.40. The maximum Gasteiger partial charge on any atom is 0.221 e. The molecule has 2 heterocycles. The van der Waals surface area contributed by atoms with E-state index < -0.39 is 0 Å². The zero-order chi connectivity index (χ0) is 19.9. The van der Waals surface area contributed by atoms with Crippen molar-refractivity contribution in [2.45, 2.75) is 32.0 Å². The quantitative estimate of drug-likeness (QED) is 0.583. The summed E-state index contributed by atoms with van der Waals surface area (Å²) in [5.74, 6) is 1.90. The van der Waals surface area contributed by atoms with E-state index in [0.29, 0.717) is 29.8 Å². The van der Waals surface area contributed by atoms with Crippen molar-refractivity contribution in [3.8, 4) is 11.6 Å². The van der Waals surface area contributed by atoms with Crippen LogP contribution in [0, 0.1) is 13.8 Å². The molecule has 0 unspecified atom stereocenters. The molecule has 0 radical (unpaired) electrons. The molecule has 0 fully saturated rings. The lowest BCUT2D eigenvalue weighted by molar-refractivity contribution is -0.120. The normalized spacial score (nSPS) is 10.7. The summed E-state index contributed by atoms with van der Waals surface area (Å²) in [6.07, 6.45) is 2.10. The number of nitrogens with zero attached hydrogens (tertiary/aromatic N) is 5. The van der Waals surface area contributed by atoms with Gasteiger partial charge in [-0.3, -0.25) is 4.79 Å². The molecule has 0 atom stereocenters. The van der Waals surface area contributed by atoms with Gasteiger partial charge in [0.1, 0.15) is 5.75 Å². The number of carbonyl (C=O) groups is 1. The summed E-state index contributed by atoms with van der Waals surface area (Å²) in [5.41, 5.74) is 3.10. The van der Waals surface area contributed by atoms with Crippen LogP contribution < -0.4 is 10.1 Å². The highest BCUT2D eigenvalue weighted by Gasteiger charge is 2.07. The van der Waals surface area contributed by atoms with Gasteiger partial charge >= 0.3 is 0 Å². The molecule has 9 heteroatoms. The van der Waals surface area contributed by atoms with Gasteiger partial charge in [0.15, 0.2) is 0 Å². The second kappa shape index (κ2) is 9.32. The lowest BCUT2D eigenvalue weighted by atomic mass is 10.1. The molecule has 146 valence electrons. The Hall–Kier alpha value is -2.94. The predicted molar refractivity (Wildman–Crippen MR) is 106 cm³/mol. The third-order valence-electron chi connectivity index (χ3n) is 3.99. The molecule has 1 aromatic carbocycles. The zero-order valence-corrected chi connectivity index (χ0v) is 16.9. The van der Waals surface area contributed by atoms with Crippen LogP contribution in [0.3, 0.4) is 0 Å². The van der Waals surface area contributed by atoms with Gasteiger partial charge in [-0.25, -0.2) is 9.67 Å². The van der Waals surface area contributed by atoms with Crippen molar-refractivity contribution < 1.29 is 9.53 Å². The van der Waals surface area contributed by atoms with Gasteiger partial charge in [0.25, 0.3) is 0 Å². The summed E-state index contributed by atoms with van der Waals surface area (Å²) >= 11 is 1.45. The summed E-state index contributed by atoms with van der Waals surface area (Å²) in [6.45, 7) is 4.44. The third kappa shape index (κ3) is 5.53. The first kappa shape index (κ1) is 19.8. The minimum atomic E-state index is -0.0293. The van der Waals surface area contributed by atoms with Gasteiger partial charge in [0.05, 0.1) is 0 Å². The van der Waals surface area contributed by atoms with Gasteiger partial charge in [-0.15, -0.1) is 5.10 Å². The average molecular weight is 398 g/mol. The molecule has 0 aliphatic rings. The molecular weight excluding hydrogens is 376 g/mol. The molecular formula is C19H22N6O2S. The highest BCUT2D eigenvalue weighted by atomic mass is 32.2. The number of pyridine rings is 1. The Labute approximate surface area is 167 Å². The molecule has 28 heavy (non-hydrogen) atoms. The first-order chi connectivity index (χ1) is 13.5. The fourth-order valence-electron chi connectivity index (χ4n) is 2.37. The molecule has 0 saturated carbocycles. The van der Waals surface area contributed by atoms with Crippen LogP contribution in [-0.2, 0) is 18.4 Å². The van der Waals surface area contributed by atoms with E-state index in [1.54, 1.807) is 24.0 Å². The molecule has 0 aliphatic heterocycles. The minimum Gasteiger partial charge on any atom is -0.439 e. The van der Waals surface area contributed by atoms with Gasteiger partial charge in [0, 0.05) is 38.0 Å². The van der Waals surface area contributed by atoms with Crippen molar-refractivity contribution >= 4 is 17.7 Å². The molecule has 2 aromatic heterocycles. The number of tetrazole rings is 1. The Bertz CT molecular complexity index is 942. The molecule has 0 spiro atoms. The lowest BCUT2D eigenvalue weighted by Gasteiger charge is -2.09. The number of thioether (sulfide) groups is 1. The zero-order valence-electron chi connectivity index (χ0n) is 16.0. The molecule has 3 aromatic rings. The van der Waals surface area contributed by atoms with Crippen molar-refractivity contribution in [3.63, 3.8) is 0 Å². The van der Waals surface area contributed by atoms with Gasteiger partial charge in [0.2, 0.25) is 16.9 Å². The van der Waals surface area contributed by atoms with Gasteiger partial charge in [-0.2, -0.15) is 0 Å². The number of aromatic nitrogens is 5. The fourth-order valence-corrected chi connectivity index (χ4v) is 3.16. The van der Waals surface area contributed by atoms with E-state index >= 15 is 0 Å². The van der Waals surface area contributed by atoms with Crippen LogP contribution in [-0.4, -0.2) is 36.9 Å². The second-order valence-electron chi connectivity index (χ2n) is 6.34. The first-order valence-corrected chi connectivity index (χ1v) is 9.82. The number of amides is 1. The third-order valence-corrected chi connectivity index (χ3v) is 5.00. The summed E-state index contributed by atoms with van der Waals surface area (Å²) in [7, 11) is 1.77. The van der Waals surface area contributed by atoms with Crippen molar-refractivity contribution in [1.82, 2.24) is 30.5 Å². The van der Waals surface area contributed by atoms with Crippen LogP contribution in [0.5, 0.6) is 11.6 Å². The van der Waals surface area contributed by atoms with Crippen molar-refractivity contribution in [2.24, 2.45) is 7.05 Å². The van der Waals surface area contributed by atoms with Gasteiger partial charge < -0.3 is 10.1 Å². The predicted octanol–water partition coefficient (Wildman–Crippen LogP) is 2.81. The van der Waals surface area contributed by atoms with Gasteiger partial charge in [-0.1, -0.05) is 30.0 Å². The molecule has 0 saturated heterocycles. The smallest absolute Gasteiger partial charge is 0.221 e. The Kier molecular flexibility index (Phi) is 6.59. The first-order valence-electron chi connectivity index (χ1n) is 8.83. The molecule has 1 amide bonds. The fraction of sp³-hybridized carbons (Fsp3) is 0.316.